The molecule has 1 aromatic rings. The van der Waals surface area contributed by atoms with E-state index < -0.39 is 0 Å². The van der Waals surface area contributed by atoms with Crippen molar-refractivity contribution in [1.82, 2.24) is 5.32 Å². The van der Waals surface area contributed by atoms with Gasteiger partial charge in [0.1, 0.15) is 11.8 Å². The number of ether oxygens (including phenoxy) is 2. The van der Waals surface area contributed by atoms with Crippen LogP contribution in [0.1, 0.15) is 5.56 Å². The second-order valence-electron chi connectivity index (χ2n) is 4.19. The Kier molecular flexibility index (Phi) is 6.33. The lowest BCUT2D eigenvalue weighted by atomic mass is 10.1. The highest BCUT2D eigenvalue weighted by Crippen LogP contribution is 2.24. The summed E-state index contributed by atoms with van der Waals surface area (Å²) in [5.41, 5.74) is 1.16. The number of nitriles is 1. The van der Waals surface area contributed by atoms with E-state index in [4.69, 9.17) is 14.7 Å². The number of nitrogens with zero attached hydrogens (tertiary/aromatic N) is 2. The van der Waals surface area contributed by atoms with Gasteiger partial charge in [0, 0.05) is 26.8 Å². The molecule has 0 aliphatic carbocycles. The van der Waals surface area contributed by atoms with Gasteiger partial charge in [0.15, 0.2) is 0 Å². The Labute approximate surface area is 118 Å². The summed E-state index contributed by atoms with van der Waals surface area (Å²) in [6, 6.07) is 7.23. The highest BCUT2D eigenvalue weighted by atomic mass is 16.5. The molecule has 0 saturated heterocycles. The standard InChI is InChI=1S/C14H19N3O3/c1-17(10-14(18)16-6-7-19-2)13-8-12(20-3)5-4-11(13)9-15/h4-5,8H,6-7,10H2,1-3H3,(H,16,18). The van der Waals surface area contributed by atoms with Gasteiger partial charge in [-0.25, -0.2) is 0 Å². The largest absolute Gasteiger partial charge is 0.497 e. The fourth-order valence-electron chi connectivity index (χ4n) is 1.70. The van der Waals surface area contributed by atoms with E-state index in [1.54, 1.807) is 44.4 Å². The van der Waals surface area contributed by atoms with E-state index in [1.807, 2.05) is 0 Å². The highest BCUT2D eigenvalue weighted by Gasteiger charge is 2.12. The number of methoxy groups -OCH3 is 2. The molecule has 0 aliphatic heterocycles. The predicted octanol–water partition coefficient (Wildman–Crippen LogP) is 0.766. The molecule has 1 rings (SSSR count). The van der Waals surface area contributed by atoms with E-state index in [0.717, 1.165) is 0 Å². The van der Waals surface area contributed by atoms with Gasteiger partial charge in [0.05, 0.1) is 31.5 Å². The molecule has 1 amide bonds. The Morgan fingerprint density at radius 2 is 2.20 bits per heavy atom. The molecular weight excluding hydrogens is 258 g/mol. The molecule has 0 unspecified atom stereocenters. The normalized spacial score (nSPS) is 9.70. The summed E-state index contributed by atoms with van der Waals surface area (Å²) in [7, 11) is 4.89. The Hall–Kier alpha value is -2.26. The molecule has 0 bridgehead atoms. The van der Waals surface area contributed by atoms with Gasteiger partial charge in [-0.3, -0.25) is 4.79 Å². The quantitative estimate of drug-likeness (QED) is 0.745. The maximum absolute atomic E-state index is 11.7. The van der Waals surface area contributed by atoms with E-state index in [1.165, 1.54) is 0 Å². The monoisotopic (exact) mass is 277 g/mol. The molecule has 6 nitrogen and oxygen atoms in total. The number of likely N-dealkylation sites (N-methyl/N-ethyl adjacent to an activating group) is 1. The smallest absolute Gasteiger partial charge is 0.239 e. The summed E-state index contributed by atoms with van der Waals surface area (Å²) in [6.45, 7) is 1.09. The summed E-state index contributed by atoms with van der Waals surface area (Å²) in [4.78, 5) is 13.4. The van der Waals surface area contributed by atoms with Crippen LogP contribution in [0.3, 0.4) is 0 Å². The summed E-state index contributed by atoms with van der Waals surface area (Å²) >= 11 is 0. The predicted molar refractivity (Wildman–Crippen MR) is 75.9 cm³/mol. The van der Waals surface area contributed by atoms with Crippen LogP contribution in [0.5, 0.6) is 5.75 Å². The molecule has 20 heavy (non-hydrogen) atoms. The lowest BCUT2D eigenvalue weighted by molar-refractivity contribution is -0.119. The lowest BCUT2D eigenvalue weighted by Gasteiger charge is -2.20. The third kappa shape index (κ3) is 4.44. The Morgan fingerprint density at radius 3 is 2.80 bits per heavy atom. The third-order valence-electron chi connectivity index (χ3n) is 2.75. The second kappa shape index (κ2) is 8.02. The van der Waals surface area contributed by atoms with Gasteiger partial charge in [-0.05, 0) is 12.1 Å². The zero-order valence-corrected chi connectivity index (χ0v) is 12.0. The van der Waals surface area contributed by atoms with Gasteiger partial charge in [-0.15, -0.1) is 0 Å². The maximum atomic E-state index is 11.7. The van der Waals surface area contributed by atoms with Crippen LogP contribution in [-0.2, 0) is 9.53 Å². The van der Waals surface area contributed by atoms with E-state index in [0.29, 0.717) is 30.2 Å². The van der Waals surface area contributed by atoms with Gasteiger partial charge < -0.3 is 19.7 Å². The molecule has 0 heterocycles. The SMILES string of the molecule is COCCNC(=O)CN(C)c1cc(OC)ccc1C#N. The molecule has 108 valence electrons. The van der Waals surface area contributed by atoms with Crippen molar-refractivity contribution in [2.24, 2.45) is 0 Å². The number of benzene rings is 1. The van der Waals surface area contributed by atoms with Gasteiger partial charge in [-0.1, -0.05) is 0 Å². The minimum Gasteiger partial charge on any atom is -0.497 e. The number of anilines is 1. The summed E-state index contributed by atoms with van der Waals surface area (Å²) in [6.07, 6.45) is 0. The van der Waals surface area contributed by atoms with Crippen LogP contribution in [-0.4, -0.2) is 46.9 Å². The molecule has 0 spiro atoms. The van der Waals surface area contributed by atoms with E-state index in [-0.39, 0.29) is 12.5 Å². The number of hydrogen-bond acceptors (Lipinski definition) is 5. The van der Waals surface area contributed by atoms with Crippen molar-refractivity contribution in [3.05, 3.63) is 23.8 Å². The minimum absolute atomic E-state index is 0.128. The first kappa shape index (κ1) is 15.8. The molecule has 0 atom stereocenters. The fraction of sp³-hybridized carbons (Fsp3) is 0.429. The molecule has 0 aromatic heterocycles. The van der Waals surface area contributed by atoms with Crippen LogP contribution in [0, 0.1) is 11.3 Å². The summed E-state index contributed by atoms with van der Waals surface area (Å²) in [5, 5.41) is 11.8. The van der Waals surface area contributed by atoms with Gasteiger partial charge in [0.2, 0.25) is 5.91 Å². The van der Waals surface area contributed by atoms with Gasteiger partial charge >= 0.3 is 0 Å². The number of amides is 1. The Morgan fingerprint density at radius 1 is 1.45 bits per heavy atom. The third-order valence-corrected chi connectivity index (χ3v) is 2.75. The van der Waals surface area contributed by atoms with Crippen LogP contribution in [0.25, 0.3) is 0 Å². The molecule has 0 saturated carbocycles. The van der Waals surface area contributed by atoms with Crippen molar-refractivity contribution in [1.29, 1.82) is 5.26 Å². The second-order valence-corrected chi connectivity index (χ2v) is 4.19. The van der Waals surface area contributed by atoms with E-state index >= 15 is 0 Å². The molecule has 6 heteroatoms. The van der Waals surface area contributed by atoms with Crippen LogP contribution in [0.15, 0.2) is 18.2 Å². The first-order valence-corrected chi connectivity index (χ1v) is 6.17. The van der Waals surface area contributed by atoms with E-state index in [9.17, 15) is 4.79 Å². The Balaban J connectivity index is 2.73. The Bertz CT molecular complexity index is 497. The molecular formula is C14H19N3O3. The summed E-state index contributed by atoms with van der Waals surface area (Å²) in [5.74, 6) is 0.516. The first-order chi connectivity index (χ1) is 9.62. The number of hydrogen-bond donors (Lipinski definition) is 1. The average Bonchev–Trinajstić information content (AvgIpc) is 2.46. The van der Waals surface area contributed by atoms with Crippen molar-refractivity contribution in [2.45, 2.75) is 0 Å². The zero-order chi connectivity index (χ0) is 15.0. The topological polar surface area (TPSA) is 74.6 Å². The van der Waals surface area contributed by atoms with Crippen molar-refractivity contribution >= 4 is 11.6 Å². The van der Waals surface area contributed by atoms with Crippen molar-refractivity contribution in [3.8, 4) is 11.8 Å². The van der Waals surface area contributed by atoms with Crippen LogP contribution in [0.4, 0.5) is 5.69 Å². The number of nitrogens with one attached hydrogen (secondary N) is 1. The molecule has 0 aliphatic rings. The summed E-state index contributed by atoms with van der Waals surface area (Å²) < 4.78 is 10.00. The van der Waals surface area contributed by atoms with Crippen LogP contribution < -0.4 is 15.0 Å². The number of carbonyl (C=O) groups is 1. The average molecular weight is 277 g/mol. The van der Waals surface area contributed by atoms with Crippen molar-refractivity contribution in [3.63, 3.8) is 0 Å². The highest BCUT2D eigenvalue weighted by molar-refractivity contribution is 5.82. The molecule has 1 aromatic carbocycles. The van der Waals surface area contributed by atoms with Crippen molar-refractivity contribution in [2.75, 3.05) is 45.9 Å². The molecule has 1 N–H and O–H groups in total. The maximum Gasteiger partial charge on any atom is 0.239 e. The first-order valence-electron chi connectivity index (χ1n) is 6.17. The number of carbonyl (C=O) groups excluding carboxylic acids is 1. The van der Waals surface area contributed by atoms with E-state index in [2.05, 4.69) is 11.4 Å². The van der Waals surface area contributed by atoms with Crippen molar-refractivity contribution < 1.29 is 14.3 Å². The molecule has 0 radical (unpaired) electrons. The zero-order valence-electron chi connectivity index (χ0n) is 12.0. The minimum atomic E-state index is -0.128. The van der Waals surface area contributed by atoms with Gasteiger partial charge in [-0.2, -0.15) is 5.26 Å². The van der Waals surface area contributed by atoms with Gasteiger partial charge in [0.25, 0.3) is 0 Å². The molecule has 0 fully saturated rings. The van der Waals surface area contributed by atoms with Crippen LogP contribution >= 0.6 is 0 Å². The lowest BCUT2D eigenvalue weighted by Crippen LogP contribution is -2.36. The van der Waals surface area contributed by atoms with Crippen LogP contribution in [0.2, 0.25) is 0 Å². The fourth-order valence-corrected chi connectivity index (χ4v) is 1.70. The number of rotatable bonds is 7.